The van der Waals surface area contributed by atoms with Crippen molar-refractivity contribution in [2.75, 3.05) is 13.2 Å². The van der Waals surface area contributed by atoms with E-state index in [4.69, 9.17) is 4.74 Å². The van der Waals surface area contributed by atoms with Crippen molar-refractivity contribution in [1.29, 1.82) is 0 Å². The number of carbonyl (C=O) groups is 2. The van der Waals surface area contributed by atoms with Crippen molar-refractivity contribution in [2.45, 2.75) is 53.1 Å². The zero-order valence-corrected chi connectivity index (χ0v) is 17.9. The molecule has 0 fully saturated rings. The van der Waals surface area contributed by atoms with Gasteiger partial charge in [-0.05, 0) is 43.9 Å². The van der Waals surface area contributed by atoms with Gasteiger partial charge in [-0.15, -0.1) is 0 Å². The van der Waals surface area contributed by atoms with Crippen LogP contribution in [-0.4, -0.2) is 35.9 Å². The molecule has 0 saturated heterocycles. The molecule has 0 aliphatic carbocycles. The standard InChI is InChI=1S/C24H32N2O3/c1-5-14-25-24(28)21(6-2)26(16-20-12-9-10-18(3)15-20)23(27)17-29-22-13-8-7-11-19(22)4/h7-13,15,21H,5-6,14,16-17H2,1-4H3,(H,25,28)/t21-/m1/s1. The van der Waals surface area contributed by atoms with Crippen molar-refractivity contribution in [3.05, 3.63) is 65.2 Å². The molecule has 29 heavy (non-hydrogen) atoms. The minimum absolute atomic E-state index is 0.103. The van der Waals surface area contributed by atoms with Gasteiger partial charge >= 0.3 is 0 Å². The fourth-order valence-electron chi connectivity index (χ4n) is 3.23. The summed E-state index contributed by atoms with van der Waals surface area (Å²) in [4.78, 5) is 27.5. The number of nitrogens with zero attached hydrogens (tertiary/aromatic N) is 1. The molecule has 0 heterocycles. The molecule has 0 aromatic heterocycles. The third-order valence-corrected chi connectivity index (χ3v) is 4.82. The first kappa shape index (κ1) is 22.5. The maximum atomic E-state index is 13.1. The molecule has 0 aliphatic heterocycles. The van der Waals surface area contributed by atoms with Gasteiger partial charge in [-0.1, -0.05) is 61.9 Å². The molecule has 0 unspecified atom stereocenters. The van der Waals surface area contributed by atoms with Crippen LogP contribution in [0.1, 0.15) is 43.4 Å². The number of nitrogens with one attached hydrogen (secondary N) is 1. The highest BCUT2D eigenvalue weighted by atomic mass is 16.5. The van der Waals surface area contributed by atoms with E-state index in [1.807, 2.05) is 76.2 Å². The second-order valence-corrected chi connectivity index (χ2v) is 7.28. The average molecular weight is 397 g/mol. The molecule has 5 heteroatoms. The molecule has 5 nitrogen and oxygen atoms in total. The van der Waals surface area contributed by atoms with Crippen molar-refractivity contribution in [3.8, 4) is 5.75 Å². The summed E-state index contributed by atoms with van der Waals surface area (Å²) in [6, 6.07) is 15.1. The largest absolute Gasteiger partial charge is 0.484 e. The van der Waals surface area contributed by atoms with Gasteiger partial charge in [0.05, 0.1) is 0 Å². The molecule has 0 radical (unpaired) electrons. The van der Waals surface area contributed by atoms with E-state index >= 15 is 0 Å². The molecule has 0 saturated carbocycles. The number of para-hydroxylation sites is 1. The highest BCUT2D eigenvalue weighted by Gasteiger charge is 2.28. The number of hydrogen-bond acceptors (Lipinski definition) is 3. The number of benzene rings is 2. The fourth-order valence-corrected chi connectivity index (χ4v) is 3.23. The van der Waals surface area contributed by atoms with Gasteiger partial charge < -0.3 is 15.0 Å². The molecular weight excluding hydrogens is 364 g/mol. The Morgan fingerprint density at radius 3 is 2.48 bits per heavy atom. The average Bonchev–Trinajstić information content (AvgIpc) is 2.71. The molecule has 0 bridgehead atoms. The number of hydrogen-bond donors (Lipinski definition) is 1. The zero-order valence-electron chi connectivity index (χ0n) is 17.9. The normalized spacial score (nSPS) is 11.6. The summed E-state index contributed by atoms with van der Waals surface area (Å²) in [5.41, 5.74) is 3.09. The monoisotopic (exact) mass is 396 g/mol. The lowest BCUT2D eigenvalue weighted by Gasteiger charge is -2.30. The second kappa shape index (κ2) is 11.2. The molecule has 2 amide bonds. The van der Waals surface area contributed by atoms with Gasteiger partial charge in [0.15, 0.2) is 6.61 Å². The van der Waals surface area contributed by atoms with E-state index in [2.05, 4.69) is 5.32 Å². The Bertz CT molecular complexity index is 819. The highest BCUT2D eigenvalue weighted by molar-refractivity contribution is 5.88. The molecular formula is C24H32N2O3. The first-order valence-electron chi connectivity index (χ1n) is 10.3. The van der Waals surface area contributed by atoms with Gasteiger partial charge in [-0.3, -0.25) is 9.59 Å². The Hall–Kier alpha value is -2.82. The van der Waals surface area contributed by atoms with Crippen LogP contribution in [0.25, 0.3) is 0 Å². The van der Waals surface area contributed by atoms with Gasteiger partial charge in [0, 0.05) is 13.1 Å². The maximum Gasteiger partial charge on any atom is 0.261 e. The lowest BCUT2D eigenvalue weighted by atomic mass is 10.1. The Morgan fingerprint density at radius 1 is 1.07 bits per heavy atom. The van der Waals surface area contributed by atoms with E-state index in [0.717, 1.165) is 23.1 Å². The zero-order chi connectivity index (χ0) is 21.2. The van der Waals surface area contributed by atoms with Crippen LogP contribution in [0.4, 0.5) is 0 Å². The quantitative estimate of drug-likeness (QED) is 0.660. The lowest BCUT2D eigenvalue weighted by Crippen LogP contribution is -2.50. The molecule has 1 N–H and O–H groups in total. The number of amides is 2. The highest BCUT2D eigenvalue weighted by Crippen LogP contribution is 2.18. The maximum absolute atomic E-state index is 13.1. The molecule has 2 aromatic rings. The van der Waals surface area contributed by atoms with Crippen molar-refractivity contribution in [1.82, 2.24) is 10.2 Å². The summed E-state index contributed by atoms with van der Waals surface area (Å²) < 4.78 is 5.77. The molecule has 1 atom stereocenters. The SMILES string of the molecule is CCCNC(=O)[C@@H](CC)N(Cc1cccc(C)c1)C(=O)COc1ccccc1C. The summed E-state index contributed by atoms with van der Waals surface area (Å²) in [5.74, 6) is 0.361. The molecule has 156 valence electrons. The predicted molar refractivity (Wildman–Crippen MR) is 116 cm³/mol. The van der Waals surface area contributed by atoms with Crippen LogP contribution in [0.15, 0.2) is 48.5 Å². The van der Waals surface area contributed by atoms with E-state index in [1.54, 1.807) is 4.90 Å². The van der Waals surface area contributed by atoms with Crippen LogP contribution >= 0.6 is 0 Å². The van der Waals surface area contributed by atoms with Crippen molar-refractivity contribution < 1.29 is 14.3 Å². The summed E-state index contributed by atoms with van der Waals surface area (Å²) in [7, 11) is 0. The van der Waals surface area contributed by atoms with Gasteiger partial charge in [0.25, 0.3) is 5.91 Å². The van der Waals surface area contributed by atoms with E-state index in [-0.39, 0.29) is 18.4 Å². The second-order valence-electron chi connectivity index (χ2n) is 7.28. The van der Waals surface area contributed by atoms with Crippen molar-refractivity contribution in [2.24, 2.45) is 0 Å². The van der Waals surface area contributed by atoms with Gasteiger partial charge in [0.1, 0.15) is 11.8 Å². The van der Waals surface area contributed by atoms with Gasteiger partial charge in [-0.25, -0.2) is 0 Å². The van der Waals surface area contributed by atoms with E-state index in [1.165, 1.54) is 0 Å². The molecule has 2 aromatic carbocycles. The summed E-state index contributed by atoms with van der Waals surface area (Å²) in [5, 5.41) is 2.93. The van der Waals surface area contributed by atoms with E-state index < -0.39 is 6.04 Å². The van der Waals surface area contributed by atoms with Crippen molar-refractivity contribution in [3.63, 3.8) is 0 Å². The summed E-state index contributed by atoms with van der Waals surface area (Å²) in [6.45, 7) is 8.76. The minimum atomic E-state index is -0.532. The number of carbonyl (C=O) groups excluding carboxylic acids is 2. The number of aryl methyl sites for hydroxylation is 2. The summed E-state index contributed by atoms with van der Waals surface area (Å²) >= 11 is 0. The van der Waals surface area contributed by atoms with Crippen LogP contribution in [0, 0.1) is 13.8 Å². The van der Waals surface area contributed by atoms with Crippen LogP contribution in [0.5, 0.6) is 5.75 Å². The van der Waals surface area contributed by atoms with E-state index in [0.29, 0.717) is 25.3 Å². The molecule has 2 rings (SSSR count). The minimum Gasteiger partial charge on any atom is -0.484 e. The van der Waals surface area contributed by atoms with Gasteiger partial charge in [-0.2, -0.15) is 0 Å². The third kappa shape index (κ3) is 6.63. The van der Waals surface area contributed by atoms with Crippen LogP contribution in [-0.2, 0) is 16.1 Å². The topological polar surface area (TPSA) is 58.6 Å². The Balaban J connectivity index is 2.20. The van der Waals surface area contributed by atoms with Gasteiger partial charge in [0.2, 0.25) is 5.91 Å². The van der Waals surface area contributed by atoms with Crippen LogP contribution in [0.3, 0.4) is 0 Å². The Labute approximate surface area is 174 Å². The predicted octanol–water partition coefficient (Wildman–Crippen LogP) is 4.02. The first-order valence-corrected chi connectivity index (χ1v) is 10.3. The fraction of sp³-hybridized carbons (Fsp3) is 0.417. The summed E-state index contributed by atoms with van der Waals surface area (Å²) in [6.07, 6.45) is 1.39. The van der Waals surface area contributed by atoms with Crippen LogP contribution < -0.4 is 10.1 Å². The molecule has 0 aliphatic rings. The lowest BCUT2D eigenvalue weighted by molar-refractivity contribution is -0.143. The smallest absolute Gasteiger partial charge is 0.261 e. The number of rotatable bonds is 10. The van der Waals surface area contributed by atoms with Crippen LogP contribution in [0.2, 0.25) is 0 Å². The van der Waals surface area contributed by atoms with E-state index in [9.17, 15) is 9.59 Å². The first-order chi connectivity index (χ1) is 14.0. The molecule has 0 spiro atoms. The Kier molecular flexibility index (Phi) is 8.71. The Morgan fingerprint density at radius 2 is 1.83 bits per heavy atom. The third-order valence-electron chi connectivity index (χ3n) is 4.82. The number of ether oxygens (including phenoxy) is 1. The van der Waals surface area contributed by atoms with Crippen molar-refractivity contribution >= 4 is 11.8 Å².